The summed E-state index contributed by atoms with van der Waals surface area (Å²) in [4.78, 5) is 30.0. The minimum Gasteiger partial charge on any atom is -0.310 e. The maximum Gasteiger partial charge on any atom is 0.231 e. The number of hydrogen-bond donors (Lipinski definition) is 1. The molecule has 0 radical (unpaired) electrons. The van der Waals surface area contributed by atoms with E-state index in [4.69, 9.17) is 0 Å². The highest BCUT2D eigenvalue weighted by atomic mass is 79.9. The average Bonchev–Trinajstić information content (AvgIpc) is 3.09. The summed E-state index contributed by atoms with van der Waals surface area (Å²) in [5.74, 6) is -0.553. The average molecular weight is 366 g/mol. The van der Waals surface area contributed by atoms with Crippen molar-refractivity contribution in [1.82, 2.24) is 4.98 Å². The molecule has 21 heavy (non-hydrogen) atoms. The van der Waals surface area contributed by atoms with Crippen molar-refractivity contribution >= 4 is 49.9 Å². The van der Waals surface area contributed by atoms with E-state index in [0.717, 1.165) is 10.2 Å². The van der Waals surface area contributed by atoms with Crippen LogP contribution in [0.3, 0.4) is 0 Å². The van der Waals surface area contributed by atoms with Crippen molar-refractivity contribution in [3.8, 4) is 0 Å². The van der Waals surface area contributed by atoms with Crippen LogP contribution in [-0.4, -0.2) is 23.3 Å². The molecule has 0 aliphatic carbocycles. The van der Waals surface area contributed by atoms with E-state index in [1.807, 2.05) is 24.3 Å². The number of aromatic nitrogens is 1. The maximum atomic E-state index is 12.2. The second-order valence-electron chi connectivity index (χ2n) is 4.68. The van der Waals surface area contributed by atoms with E-state index in [0.29, 0.717) is 11.7 Å². The molecule has 108 valence electrons. The van der Waals surface area contributed by atoms with Crippen molar-refractivity contribution in [2.24, 2.45) is 5.92 Å². The molecule has 2 heterocycles. The van der Waals surface area contributed by atoms with Crippen molar-refractivity contribution in [2.45, 2.75) is 6.42 Å². The summed E-state index contributed by atoms with van der Waals surface area (Å²) < 4.78 is 0.847. The van der Waals surface area contributed by atoms with Gasteiger partial charge in [-0.3, -0.25) is 9.59 Å². The fourth-order valence-electron chi connectivity index (χ4n) is 2.28. The SMILES string of the molecule is O=C(Nc1nccs1)[C@H]1CC(=O)N(c2ccccc2Br)C1. The van der Waals surface area contributed by atoms with Gasteiger partial charge in [0.25, 0.3) is 0 Å². The van der Waals surface area contributed by atoms with Crippen LogP contribution in [0.2, 0.25) is 0 Å². The highest BCUT2D eigenvalue weighted by Gasteiger charge is 2.35. The van der Waals surface area contributed by atoms with E-state index in [2.05, 4.69) is 26.2 Å². The minimum absolute atomic E-state index is 0.0406. The highest BCUT2D eigenvalue weighted by molar-refractivity contribution is 9.10. The van der Waals surface area contributed by atoms with Crippen LogP contribution in [0, 0.1) is 5.92 Å². The lowest BCUT2D eigenvalue weighted by atomic mass is 10.1. The van der Waals surface area contributed by atoms with Gasteiger partial charge < -0.3 is 10.2 Å². The van der Waals surface area contributed by atoms with Crippen molar-refractivity contribution in [2.75, 3.05) is 16.8 Å². The molecule has 0 bridgehead atoms. The lowest BCUT2D eigenvalue weighted by molar-refractivity contribution is -0.122. The Morgan fingerprint density at radius 2 is 2.24 bits per heavy atom. The summed E-state index contributed by atoms with van der Waals surface area (Å²) in [5.41, 5.74) is 0.798. The Labute approximate surface area is 134 Å². The largest absolute Gasteiger partial charge is 0.310 e. The third-order valence-corrected chi connectivity index (χ3v) is 4.66. The number of nitrogens with zero attached hydrogens (tertiary/aromatic N) is 2. The Balaban J connectivity index is 1.73. The number of para-hydroxylation sites is 1. The quantitative estimate of drug-likeness (QED) is 0.909. The summed E-state index contributed by atoms with van der Waals surface area (Å²) in [5, 5.41) is 5.11. The summed E-state index contributed by atoms with van der Waals surface area (Å²) in [6.07, 6.45) is 1.85. The standard InChI is InChI=1S/C14H12BrN3O2S/c15-10-3-1-2-4-11(10)18-8-9(7-12(18)19)13(20)17-14-16-5-6-21-14/h1-6,9H,7-8H2,(H,16,17,20)/t9-/m0/s1. The Hall–Kier alpha value is -1.73. The van der Waals surface area contributed by atoms with Crippen molar-refractivity contribution < 1.29 is 9.59 Å². The summed E-state index contributed by atoms with van der Waals surface area (Å²) >= 11 is 4.80. The monoisotopic (exact) mass is 365 g/mol. The summed E-state index contributed by atoms with van der Waals surface area (Å²) in [6.45, 7) is 0.388. The first-order chi connectivity index (χ1) is 10.1. The number of amides is 2. The molecule has 5 nitrogen and oxygen atoms in total. The van der Waals surface area contributed by atoms with Gasteiger partial charge in [-0.2, -0.15) is 0 Å². The third kappa shape index (κ3) is 2.98. The third-order valence-electron chi connectivity index (χ3n) is 3.30. The number of carbonyl (C=O) groups is 2. The van der Waals surface area contributed by atoms with E-state index >= 15 is 0 Å². The molecule has 2 aromatic rings. The lowest BCUT2D eigenvalue weighted by Crippen LogP contribution is -2.28. The molecule has 0 unspecified atom stereocenters. The fraction of sp³-hybridized carbons (Fsp3) is 0.214. The molecule has 0 saturated carbocycles. The number of benzene rings is 1. The molecular weight excluding hydrogens is 354 g/mol. The molecule has 1 saturated heterocycles. The van der Waals surface area contributed by atoms with Gasteiger partial charge in [-0.05, 0) is 28.1 Å². The van der Waals surface area contributed by atoms with Crippen molar-refractivity contribution in [3.05, 3.63) is 40.3 Å². The zero-order valence-electron chi connectivity index (χ0n) is 11.0. The number of nitrogens with one attached hydrogen (secondary N) is 1. The van der Waals surface area contributed by atoms with Crippen LogP contribution < -0.4 is 10.2 Å². The van der Waals surface area contributed by atoms with Crippen molar-refractivity contribution in [1.29, 1.82) is 0 Å². The lowest BCUT2D eigenvalue weighted by Gasteiger charge is -2.18. The smallest absolute Gasteiger partial charge is 0.231 e. The van der Waals surface area contributed by atoms with Gasteiger partial charge in [0.05, 0.1) is 11.6 Å². The first-order valence-electron chi connectivity index (χ1n) is 6.40. The normalized spacial score (nSPS) is 18.0. The summed E-state index contributed by atoms with van der Waals surface area (Å²) in [6, 6.07) is 7.51. The van der Waals surface area contributed by atoms with Gasteiger partial charge in [-0.1, -0.05) is 12.1 Å². The molecule has 1 aliphatic heterocycles. The molecule has 1 fully saturated rings. The Morgan fingerprint density at radius 1 is 1.43 bits per heavy atom. The second-order valence-corrected chi connectivity index (χ2v) is 6.43. The van der Waals surface area contributed by atoms with E-state index in [-0.39, 0.29) is 24.2 Å². The van der Waals surface area contributed by atoms with E-state index in [9.17, 15) is 9.59 Å². The zero-order chi connectivity index (χ0) is 14.8. The molecule has 1 N–H and O–H groups in total. The number of carbonyl (C=O) groups excluding carboxylic acids is 2. The van der Waals surface area contributed by atoms with Gasteiger partial charge in [0.2, 0.25) is 11.8 Å². The molecule has 1 atom stereocenters. The molecule has 2 amide bonds. The summed E-state index contributed by atoms with van der Waals surface area (Å²) in [7, 11) is 0. The van der Waals surface area contributed by atoms with Crippen LogP contribution in [0.5, 0.6) is 0 Å². The number of anilines is 2. The van der Waals surface area contributed by atoms with E-state index in [1.165, 1.54) is 11.3 Å². The van der Waals surface area contributed by atoms with Crippen LogP contribution in [0.25, 0.3) is 0 Å². The first-order valence-corrected chi connectivity index (χ1v) is 8.07. The molecule has 1 aromatic carbocycles. The Kier molecular flexibility index (Phi) is 4.03. The van der Waals surface area contributed by atoms with Crippen LogP contribution in [0.4, 0.5) is 10.8 Å². The number of halogens is 1. The first kappa shape index (κ1) is 14.2. The predicted octanol–water partition coefficient (Wildman–Crippen LogP) is 2.90. The Morgan fingerprint density at radius 3 is 2.95 bits per heavy atom. The van der Waals surface area contributed by atoms with Gasteiger partial charge in [0.1, 0.15) is 0 Å². The topological polar surface area (TPSA) is 62.3 Å². The highest BCUT2D eigenvalue weighted by Crippen LogP contribution is 2.31. The van der Waals surface area contributed by atoms with Gasteiger partial charge in [0.15, 0.2) is 5.13 Å². The number of rotatable bonds is 3. The van der Waals surface area contributed by atoms with Gasteiger partial charge >= 0.3 is 0 Å². The van der Waals surface area contributed by atoms with Crippen LogP contribution >= 0.6 is 27.3 Å². The van der Waals surface area contributed by atoms with E-state index < -0.39 is 0 Å². The molecule has 1 aliphatic rings. The number of thiazole rings is 1. The van der Waals surface area contributed by atoms with Crippen LogP contribution in [-0.2, 0) is 9.59 Å². The van der Waals surface area contributed by atoms with Crippen LogP contribution in [0.1, 0.15) is 6.42 Å². The van der Waals surface area contributed by atoms with Gasteiger partial charge in [-0.15, -0.1) is 11.3 Å². The fourth-order valence-corrected chi connectivity index (χ4v) is 3.31. The molecule has 0 spiro atoms. The number of hydrogen-bond acceptors (Lipinski definition) is 4. The second kappa shape index (κ2) is 5.95. The molecule has 7 heteroatoms. The molecule has 1 aromatic heterocycles. The molecule has 3 rings (SSSR count). The van der Waals surface area contributed by atoms with Gasteiger partial charge in [-0.25, -0.2) is 4.98 Å². The zero-order valence-corrected chi connectivity index (χ0v) is 13.4. The Bertz CT molecular complexity index is 675. The van der Waals surface area contributed by atoms with Crippen LogP contribution in [0.15, 0.2) is 40.3 Å². The molecular formula is C14H12BrN3O2S. The maximum absolute atomic E-state index is 12.2. The van der Waals surface area contributed by atoms with Gasteiger partial charge in [0, 0.05) is 29.0 Å². The predicted molar refractivity (Wildman–Crippen MR) is 85.3 cm³/mol. The van der Waals surface area contributed by atoms with Crippen molar-refractivity contribution in [3.63, 3.8) is 0 Å². The minimum atomic E-state index is -0.353. The van der Waals surface area contributed by atoms with E-state index in [1.54, 1.807) is 16.5 Å².